The lowest BCUT2D eigenvalue weighted by Crippen LogP contribution is -2.43. The average Bonchev–Trinajstić information content (AvgIpc) is 2.74. The summed E-state index contributed by atoms with van der Waals surface area (Å²) in [6.45, 7) is -0.548. The number of hydrogen-bond acceptors (Lipinski definition) is 6. The summed E-state index contributed by atoms with van der Waals surface area (Å²) in [4.78, 5) is 35.3. The third-order valence-electron chi connectivity index (χ3n) is 3.53. The molecule has 0 saturated heterocycles. The zero-order chi connectivity index (χ0) is 20.4. The summed E-state index contributed by atoms with van der Waals surface area (Å²) < 4.78 is 15.3. The van der Waals surface area contributed by atoms with Gasteiger partial charge in [-0.3, -0.25) is 20.4 Å². The Hall–Kier alpha value is -3.81. The Balaban J connectivity index is 1.81. The largest absolute Gasteiger partial charge is 0.493 e. The number of methoxy groups -OCH3 is 2. The van der Waals surface area contributed by atoms with E-state index in [0.717, 1.165) is 6.08 Å². The van der Waals surface area contributed by atoms with Crippen molar-refractivity contribution < 1.29 is 28.6 Å². The van der Waals surface area contributed by atoms with Gasteiger partial charge < -0.3 is 14.2 Å². The molecule has 146 valence electrons. The van der Waals surface area contributed by atoms with Gasteiger partial charge >= 0.3 is 5.97 Å². The fraction of sp³-hybridized carbons (Fsp3) is 0.150. The number of amides is 2. The lowest BCUT2D eigenvalue weighted by atomic mass is 10.1. The molecule has 0 radical (unpaired) electrons. The fourth-order valence-corrected chi connectivity index (χ4v) is 2.21. The van der Waals surface area contributed by atoms with Gasteiger partial charge in [0.2, 0.25) is 0 Å². The molecular formula is C20H20N2O6. The first-order valence-corrected chi connectivity index (χ1v) is 8.25. The highest BCUT2D eigenvalue weighted by Gasteiger charge is 2.10. The van der Waals surface area contributed by atoms with Crippen LogP contribution in [0.15, 0.2) is 54.6 Å². The van der Waals surface area contributed by atoms with Crippen LogP contribution >= 0.6 is 0 Å². The van der Waals surface area contributed by atoms with Gasteiger partial charge in [0, 0.05) is 17.2 Å². The predicted octanol–water partition coefficient (Wildman–Crippen LogP) is 1.72. The van der Waals surface area contributed by atoms with Gasteiger partial charge in [0.25, 0.3) is 11.8 Å². The molecule has 0 heterocycles. The maximum atomic E-state index is 11.8. The van der Waals surface area contributed by atoms with Crippen molar-refractivity contribution in [2.75, 3.05) is 20.8 Å². The van der Waals surface area contributed by atoms with Gasteiger partial charge in [0.05, 0.1) is 14.2 Å². The van der Waals surface area contributed by atoms with Crippen molar-refractivity contribution in [3.63, 3.8) is 0 Å². The number of rotatable bonds is 7. The number of nitrogens with one attached hydrogen (secondary N) is 2. The highest BCUT2D eigenvalue weighted by molar-refractivity contribution is 5.95. The first-order chi connectivity index (χ1) is 13.5. The Labute approximate surface area is 162 Å². The Morgan fingerprint density at radius 1 is 0.929 bits per heavy atom. The number of ether oxygens (including phenoxy) is 3. The van der Waals surface area contributed by atoms with Gasteiger partial charge in [-0.1, -0.05) is 30.3 Å². The molecule has 0 unspecified atom stereocenters. The maximum absolute atomic E-state index is 11.8. The molecular weight excluding hydrogens is 364 g/mol. The van der Waals surface area contributed by atoms with Crippen LogP contribution in [0.25, 0.3) is 6.08 Å². The van der Waals surface area contributed by atoms with Crippen molar-refractivity contribution >= 4 is 23.9 Å². The van der Waals surface area contributed by atoms with Crippen LogP contribution in [0.5, 0.6) is 11.5 Å². The van der Waals surface area contributed by atoms with Gasteiger partial charge in [-0.05, 0) is 24.3 Å². The van der Waals surface area contributed by atoms with E-state index in [0.29, 0.717) is 22.6 Å². The standard InChI is InChI=1S/C20H20N2O6/c1-26-16-10-6-9-14(19(16)27-2)11-12-18(24)28-13-17(23)21-22-20(25)15-7-4-3-5-8-15/h3-12H,13H2,1-2H3,(H,21,23)(H,22,25)/b12-11+. The van der Waals surface area contributed by atoms with Crippen molar-refractivity contribution in [2.45, 2.75) is 0 Å². The summed E-state index contributed by atoms with van der Waals surface area (Å²) in [6.07, 6.45) is 2.64. The molecule has 8 heteroatoms. The molecule has 0 atom stereocenters. The Morgan fingerprint density at radius 2 is 1.68 bits per heavy atom. The Kier molecular flexibility index (Phi) is 7.59. The minimum absolute atomic E-state index is 0.384. The third kappa shape index (κ3) is 5.87. The molecule has 0 aliphatic rings. The molecule has 2 aromatic rings. The number of carbonyl (C=O) groups is 3. The molecule has 0 aliphatic carbocycles. The quantitative estimate of drug-likeness (QED) is 0.428. The number of esters is 1. The summed E-state index contributed by atoms with van der Waals surface area (Å²) in [7, 11) is 3.00. The van der Waals surface area contributed by atoms with Crippen molar-refractivity contribution in [3.8, 4) is 11.5 Å². The minimum Gasteiger partial charge on any atom is -0.493 e. The number of hydrogen-bond donors (Lipinski definition) is 2. The molecule has 0 fully saturated rings. The van der Waals surface area contributed by atoms with Crippen LogP contribution in [0.4, 0.5) is 0 Å². The van der Waals surface area contributed by atoms with E-state index >= 15 is 0 Å². The first kappa shape index (κ1) is 20.5. The predicted molar refractivity (Wildman–Crippen MR) is 102 cm³/mol. The van der Waals surface area contributed by atoms with Gasteiger partial charge in [0.1, 0.15) is 0 Å². The number of benzene rings is 2. The van der Waals surface area contributed by atoms with Crippen molar-refractivity contribution in [1.29, 1.82) is 0 Å². The molecule has 2 aromatic carbocycles. The van der Waals surface area contributed by atoms with E-state index in [1.54, 1.807) is 48.5 Å². The highest BCUT2D eigenvalue weighted by Crippen LogP contribution is 2.31. The lowest BCUT2D eigenvalue weighted by Gasteiger charge is -2.09. The van der Waals surface area contributed by atoms with Crippen molar-refractivity contribution in [3.05, 3.63) is 65.7 Å². The lowest BCUT2D eigenvalue weighted by molar-refractivity contribution is -0.144. The minimum atomic E-state index is -0.727. The summed E-state index contributed by atoms with van der Waals surface area (Å²) in [5, 5.41) is 0. The van der Waals surface area contributed by atoms with Gasteiger partial charge in [-0.25, -0.2) is 4.79 Å². The Morgan fingerprint density at radius 3 is 2.36 bits per heavy atom. The molecule has 2 rings (SSSR count). The van der Waals surface area contributed by atoms with E-state index in [2.05, 4.69) is 10.9 Å². The summed E-state index contributed by atoms with van der Waals surface area (Å²) in [5.74, 6) is -0.897. The van der Waals surface area contributed by atoms with Gasteiger partial charge in [-0.2, -0.15) is 0 Å². The van der Waals surface area contributed by atoms with Crippen LogP contribution in [0.2, 0.25) is 0 Å². The summed E-state index contributed by atoms with van der Waals surface area (Å²) >= 11 is 0. The molecule has 0 aromatic heterocycles. The van der Waals surface area contributed by atoms with E-state index in [9.17, 15) is 14.4 Å². The Bertz CT molecular complexity index is 864. The molecule has 0 saturated carbocycles. The van der Waals surface area contributed by atoms with Crippen LogP contribution in [0.1, 0.15) is 15.9 Å². The zero-order valence-electron chi connectivity index (χ0n) is 15.4. The van der Waals surface area contributed by atoms with Crippen molar-refractivity contribution in [1.82, 2.24) is 10.9 Å². The number of hydrazine groups is 1. The number of carbonyl (C=O) groups excluding carboxylic acids is 3. The SMILES string of the molecule is COc1cccc(/C=C/C(=O)OCC(=O)NNC(=O)c2ccccc2)c1OC. The van der Waals surface area contributed by atoms with Crippen LogP contribution in [0, 0.1) is 0 Å². The van der Waals surface area contributed by atoms with Gasteiger partial charge in [0.15, 0.2) is 18.1 Å². The second-order valence-corrected chi connectivity index (χ2v) is 5.39. The normalized spacial score (nSPS) is 10.2. The molecule has 8 nitrogen and oxygen atoms in total. The van der Waals surface area contributed by atoms with Crippen LogP contribution < -0.4 is 20.3 Å². The summed E-state index contributed by atoms with van der Waals surface area (Å²) in [6, 6.07) is 13.6. The first-order valence-electron chi connectivity index (χ1n) is 8.25. The zero-order valence-corrected chi connectivity index (χ0v) is 15.4. The van der Waals surface area contributed by atoms with E-state index in [1.807, 2.05) is 0 Å². The fourth-order valence-electron chi connectivity index (χ4n) is 2.21. The second kappa shape index (κ2) is 10.4. The molecule has 28 heavy (non-hydrogen) atoms. The third-order valence-corrected chi connectivity index (χ3v) is 3.53. The maximum Gasteiger partial charge on any atom is 0.331 e. The molecule has 0 spiro atoms. The molecule has 2 amide bonds. The second-order valence-electron chi connectivity index (χ2n) is 5.39. The topological polar surface area (TPSA) is 103 Å². The molecule has 2 N–H and O–H groups in total. The molecule has 0 aliphatic heterocycles. The van der Waals surface area contributed by atoms with Crippen LogP contribution in [0.3, 0.4) is 0 Å². The van der Waals surface area contributed by atoms with Crippen LogP contribution in [-0.2, 0) is 14.3 Å². The highest BCUT2D eigenvalue weighted by atomic mass is 16.5. The van der Waals surface area contributed by atoms with E-state index < -0.39 is 24.4 Å². The molecule has 0 bridgehead atoms. The van der Waals surface area contributed by atoms with E-state index in [4.69, 9.17) is 14.2 Å². The average molecular weight is 384 g/mol. The smallest absolute Gasteiger partial charge is 0.331 e. The van der Waals surface area contributed by atoms with Crippen molar-refractivity contribution in [2.24, 2.45) is 0 Å². The van der Waals surface area contributed by atoms with Gasteiger partial charge in [-0.15, -0.1) is 0 Å². The van der Waals surface area contributed by atoms with E-state index in [-0.39, 0.29) is 0 Å². The number of para-hydroxylation sites is 1. The monoisotopic (exact) mass is 384 g/mol. The van der Waals surface area contributed by atoms with E-state index in [1.165, 1.54) is 20.3 Å². The summed E-state index contributed by atoms with van der Waals surface area (Å²) in [5.41, 5.74) is 5.39. The van der Waals surface area contributed by atoms with Crippen LogP contribution in [-0.4, -0.2) is 38.6 Å².